The van der Waals surface area contributed by atoms with Crippen LogP contribution in [-0.2, 0) is 14.9 Å². The second-order valence-corrected chi connectivity index (χ2v) is 3.60. The largest absolute Gasteiger partial charge is 0.373 e. The van der Waals surface area contributed by atoms with Crippen LogP contribution in [0.3, 0.4) is 0 Å². The standard InChI is InChI=1S/C4H8O4S/c5-9(6,7)2-1-4-3-8-4/h4H,1-3H2,(H,5,6,7)/t4-/m0/s1. The molecule has 0 aromatic rings. The molecule has 0 saturated carbocycles. The first-order valence-electron chi connectivity index (χ1n) is 2.65. The Hall–Kier alpha value is -0.130. The maximum atomic E-state index is 10.1. The fourth-order valence-corrected chi connectivity index (χ4v) is 1.08. The molecule has 0 radical (unpaired) electrons. The van der Waals surface area contributed by atoms with Gasteiger partial charge >= 0.3 is 0 Å². The molecule has 9 heavy (non-hydrogen) atoms. The van der Waals surface area contributed by atoms with Gasteiger partial charge < -0.3 is 4.74 Å². The zero-order valence-electron chi connectivity index (χ0n) is 4.78. The minimum atomic E-state index is -3.76. The normalized spacial score (nSPS) is 26.1. The Morgan fingerprint density at radius 2 is 2.22 bits per heavy atom. The number of hydrogen-bond acceptors (Lipinski definition) is 3. The summed E-state index contributed by atoms with van der Waals surface area (Å²) in [6.45, 7) is 0.634. The summed E-state index contributed by atoms with van der Waals surface area (Å²) in [4.78, 5) is 0. The quantitative estimate of drug-likeness (QED) is 0.444. The molecule has 0 spiro atoms. The zero-order valence-corrected chi connectivity index (χ0v) is 5.60. The van der Waals surface area contributed by atoms with Crippen molar-refractivity contribution in [1.29, 1.82) is 0 Å². The van der Waals surface area contributed by atoms with Gasteiger partial charge in [-0.15, -0.1) is 0 Å². The molecule has 0 unspecified atom stereocenters. The first-order chi connectivity index (χ1) is 4.08. The Bertz CT molecular complexity index is 179. The van der Waals surface area contributed by atoms with Crippen molar-refractivity contribution in [1.82, 2.24) is 0 Å². The minimum Gasteiger partial charge on any atom is -0.373 e. The highest BCUT2D eigenvalue weighted by atomic mass is 32.2. The van der Waals surface area contributed by atoms with Crippen LogP contribution < -0.4 is 0 Å². The minimum absolute atomic E-state index is 0.0759. The predicted octanol–water partition coefficient (Wildman–Crippen LogP) is -0.337. The highest BCUT2D eigenvalue weighted by Gasteiger charge is 2.23. The molecular formula is C4H8O4S. The van der Waals surface area contributed by atoms with Gasteiger partial charge in [-0.1, -0.05) is 0 Å². The summed E-state index contributed by atoms with van der Waals surface area (Å²) < 4.78 is 33.1. The van der Waals surface area contributed by atoms with E-state index in [4.69, 9.17) is 9.29 Å². The van der Waals surface area contributed by atoms with Gasteiger partial charge in [-0.05, 0) is 6.42 Å². The summed E-state index contributed by atoms with van der Waals surface area (Å²) in [7, 11) is -3.76. The van der Waals surface area contributed by atoms with Gasteiger partial charge in [0.25, 0.3) is 10.1 Å². The van der Waals surface area contributed by atoms with Gasteiger partial charge in [0.1, 0.15) is 0 Å². The van der Waals surface area contributed by atoms with E-state index in [1.807, 2.05) is 0 Å². The van der Waals surface area contributed by atoms with Crippen LogP contribution >= 0.6 is 0 Å². The average molecular weight is 152 g/mol. The molecule has 1 fully saturated rings. The van der Waals surface area contributed by atoms with Crippen LogP contribution in [0.15, 0.2) is 0 Å². The summed E-state index contributed by atoms with van der Waals surface area (Å²) in [5.41, 5.74) is 0. The summed E-state index contributed by atoms with van der Waals surface area (Å²) in [5, 5.41) is 0. The molecule has 1 aliphatic heterocycles. The molecule has 1 aliphatic rings. The molecule has 1 N–H and O–H groups in total. The Balaban J connectivity index is 2.18. The smallest absolute Gasteiger partial charge is 0.264 e. The van der Waals surface area contributed by atoms with E-state index < -0.39 is 10.1 Å². The highest BCUT2D eigenvalue weighted by molar-refractivity contribution is 7.85. The molecule has 0 bridgehead atoms. The molecule has 1 saturated heterocycles. The molecule has 0 aromatic heterocycles. The van der Waals surface area contributed by atoms with E-state index in [1.54, 1.807) is 0 Å². The lowest BCUT2D eigenvalue weighted by Crippen LogP contribution is -2.05. The second kappa shape index (κ2) is 2.24. The second-order valence-electron chi connectivity index (χ2n) is 2.03. The van der Waals surface area contributed by atoms with Crippen LogP contribution in [0, 0.1) is 0 Å². The summed E-state index contributed by atoms with van der Waals surface area (Å²) in [6, 6.07) is 0. The number of ether oxygens (including phenoxy) is 1. The third-order valence-corrected chi connectivity index (χ3v) is 1.85. The van der Waals surface area contributed by atoms with Crippen molar-refractivity contribution in [3.8, 4) is 0 Å². The van der Waals surface area contributed by atoms with Crippen LogP contribution in [0.4, 0.5) is 0 Å². The number of epoxide rings is 1. The van der Waals surface area contributed by atoms with E-state index in [-0.39, 0.29) is 11.9 Å². The van der Waals surface area contributed by atoms with Crippen molar-refractivity contribution < 1.29 is 17.7 Å². The lowest BCUT2D eigenvalue weighted by Gasteiger charge is -1.90. The van der Waals surface area contributed by atoms with E-state index in [0.29, 0.717) is 13.0 Å². The van der Waals surface area contributed by atoms with Crippen molar-refractivity contribution in [2.75, 3.05) is 12.4 Å². The third-order valence-electron chi connectivity index (χ3n) is 1.10. The Morgan fingerprint density at radius 3 is 2.56 bits per heavy atom. The van der Waals surface area contributed by atoms with Crippen molar-refractivity contribution >= 4 is 10.1 Å². The van der Waals surface area contributed by atoms with E-state index in [0.717, 1.165) is 0 Å². The van der Waals surface area contributed by atoms with Crippen LogP contribution in [0.25, 0.3) is 0 Å². The highest BCUT2D eigenvalue weighted by Crippen LogP contribution is 2.13. The SMILES string of the molecule is O=S(=O)(O)CC[C@H]1CO1. The molecule has 0 aliphatic carbocycles. The van der Waals surface area contributed by atoms with Crippen molar-refractivity contribution in [3.63, 3.8) is 0 Å². The van der Waals surface area contributed by atoms with Gasteiger partial charge in [-0.3, -0.25) is 4.55 Å². The molecule has 0 aromatic carbocycles. The number of hydrogen-bond donors (Lipinski definition) is 1. The van der Waals surface area contributed by atoms with E-state index in [1.165, 1.54) is 0 Å². The van der Waals surface area contributed by atoms with Gasteiger partial charge in [0, 0.05) is 0 Å². The first-order valence-corrected chi connectivity index (χ1v) is 4.25. The Labute approximate surface area is 53.6 Å². The van der Waals surface area contributed by atoms with Gasteiger partial charge in [0.05, 0.1) is 18.5 Å². The van der Waals surface area contributed by atoms with Gasteiger partial charge in [-0.25, -0.2) is 0 Å². The maximum absolute atomic E-state index is 10.1. The Kier molecular flexibility index (Phi) is 1.74. The topological polar surface area (TPSA) is 66.9 Å². The Morgan fingerprint density at radius 1 is 1.67 bits per heavy atom. The zero-order chi connectivity index (χ0) is 6.91. The van der Waals surface area contributed by atoms with E-state index in [2.05, 4.69) is 0 Å². The molecule has 0 amide bonds. The molecule has 1 heterocycles. The number of rotatable bonds is 3. The fraction of sp³-hybridized carbons (Fsp3) is 1.00. The fourth-order valence-electron chi connectivity index (χ4n) is 0.515. The molecule has 5 heteroatoms. The predicted molar refractivity (Wildman–Crippen MR) is 30.8 cm³/mol. The lowest BCUT2D eigenvalue weighted by molar-refractivity contribution is 0.399. The maximum Gasteiger partial charge on any atom is 0.264 e. The van der Waals surface area contributed by atoms with Crippen LogP contribution in [-0.4, -0.2) is 31.4 Å². The average Bonchev–Trinajstić information content (AvgIpc) is 2.38. The van der Waals surface area contributed by atoms with Crippen LogP contribution in [0.5, 0.6) is 0 Å². The summed E-state index contributed by atoms with van der Waals surface area (Å²) >= 11 is 0. The molecule has 1 rings (SSSR count). The molecule has 54 valence electrons. The van der Waals surface area contributed by atoms with Gasteiger partial charge in [0.15, 0.2) is 0 Å². The molecular weight excluding hydrogens is 144 g/mol. The van der Waals surface area contributed by atoms with Crippen molar-refractivity contribution in [2.45, 2.75) is 12.5 Å². The van der Waals surface area contributed by atoms with E-state index in [9.17, 15) is 8.42 Å². The summed E-state index contributed by atoms with van der Waals surface area (Å²) in [6.07, 6.45) is 0.491. The van der Waals surface area contributed by atoms with E-state index >= 15 is 0 Å². The van der Waals surface area contributed by atoms with Crippen molar-refractivity contribution in [3.05, 3.63) is 0 Å². The van der Waals surface area contributed by atoms with Gasteiger partial charge in [0.2, 0.25) is 0 Å². The molecule has 4 nitrogen and oxygen atoms in total. The van der Waals surface area contributed by atoms with Crippen molar-refractivity contribution in [2.24, 2.45) is 0 Å². The first kappa shape index (κ1) is 6.98. The van der Waals surface area contributed by atoms with Crippen LogP contribution in [0.2, 0.25) is 0 Å². The molecule has 1 atom stereocenters. The van der Waals surface area contributed by atoms with Crippen LogP contribution in [0.1, 0.15) is 6.42 Å². The third kappa shape index (κ3) is 3.45. The monoisotopic (exact) mass is 152 g/mol. The lowest BCUT2D eigenvalue weighted by atomic mass is 10.4. The van der Waals surface area contributed by atoms with Gasteiger partial charge in [-0.2, -0.15) is 8.42 Å². The summed E-state index contributed by atoms with van der Waals surface area (Å²) in [5.74, 6) is -0.183.